The average Bonchev–Trinajstić information content (AvgIpc) is 2.46. The van der Waals surface area contributed by atoms with Crippen molar-refractivity contribution in [1.82, 2.24) is 9.97 Å². The number of rotatable bonds is 5. The molecule has 1 aliphatic heterocycles. The fraction of sp³-hybridized carbons (Fsp3) is 0.692. The molecule has 1 aromatic heterocycles. The van der Waals surface area contributed by atoms with E-state index in [-0.39, 0.29) is 0 Å². The SMILES string of the molecule is COc1cc(N(C)CC[C@@H]2CCCCO2)ncn1. The van der Waals surface area contributed by atoms with Crippen molar-refractivity contribution in [3.05, 3.63) is 12.4 Å². The quantitative estimate of drug-likeness (QED) is 0.799. The summed E-state index contributed by atoms with van der Waals surface area (Å²) in [6, 6.07) is 1.85. The summed E-state index contributed by atoms with van der Waals surface area (Å²) >= 11 is 0. The Bertz CT molecular complexity index is 367. The minimum absolute atomic E-state index is 0.407. The Labute approximate surface area is 108 Å². The van der Waals surface area contributed by atoms with Crippen LogP contribution in [0.25, 0.3) is 0 Å². The van der Waals surface area contributed by atoms with Gasteiger partial charge in [0.25, 0.3) is 0 Å². The Kier molecular flexibility index (Phi) is 4.75. The molecule has 18 heavy (non-hydrogen) atoms. The summed E-state index contributed by atoms with van der Waals surface area (Å²) in [6.45, 7) is 1.85. The van der Waals surface area contributed by atoms with Crippen LogP contribution in [0.2, 0.25) is 0 Å². The van der Waals surface area contributed by atoms with Gasteiger partial charge in [-0.15, -0.1) is 0 Å². The number of methoxy groups -OCH3 is 1. The van der Waals surface area contributed by atoms with Crippen LogP contribution in [-0.4, -0.2) is 43.4 Å². The Morgan fingerprint density at radius 2 is 2.33 bits per heavy atom. The molecule has 0 aromatic carbocycles. The zero-order valence-electron chi connectivity index (χ0n) is 11.1. The van der Waals surface area contributed by atoms with E-state index in [0.29, 0.717) is 12.0 Å². The van der Waals surface area contributed by atoms with Gasteiger partial charge in [0, 0.05) is 26.3 Å². The molecule has 0 N–H and O–H groups in total. The first kappa shape index (κ1) is 13.1. The van der Waals surface area contributed by atoms with Gasteiger partial charge in [-0.2, -0.15) is 0 Å². The molecule has 5 heteroatoms. The summed E-state index contributed by atoms with van der Waals surface area (Å²) in [4.78, 5) is 10.4. The van der Waals surface area contributed by atoms with Gasteiger partial charge in [0.05, 0.1) is 13.2 Å². The third-order valence-electron chi connectivity index (χ3n) is 3.29. The van der Waals surface area contributed by atoms with Crippen LogP contribution in [0, 0.1) is 0 Å². The lowest BCUT2D eigenvalue weighted by Crippen LogP contribution is -2.27. The molecule has 0 amide bonds. The first-order valence-corrected chi connectivity index (χ1v) is 6.48. The van der Waals surface area contributed by atoms with E-state index in [2.05, 4.69) is 14.9 Å². The lowest BCUT2D eigenvalue weighted by Gasteiger charge is -2.25. The molecule has 0 aliphatic carbocycles. The smallest absolute Gasteiger partial charge is 0.218 e. The Hall–Kier alpha value is -1.36. The van der Waals surface area contributed by atoms with Crippen molar-refractivity contribution in [2.75, 3.05) is 32.2 Å². The van der Waals surface area contributed by atoms with Gasteiger partial charge in [-0.1, -0.05) is 0 Å². The molecule has 100 valence electrons. The number of hydrogen-bond acceptors (Lipinski definition) is 5. The average molecular weight is 251 g/mol. The van der Waals surface area contributed by atoms with Crippen LogP contribution >= 0.6 is 0 Å². The van der Waals surface area contributed by atoms with Gasteiger partial charge in [-0.3, -0.25) is 0 Å². The van der Waals surface area contributed by atoms with Crippen molar-refractivity contribution in [2.24, 2.45) is 0 Å². The van der Waals surface area contributed by atoms with E-state index in [1.54, 1.807) is 7.11 Å². The Morgan fingerprint density at radius 3 is 3.06 bits per heavy atom. The second-order valence-electron chi connectivity index (χ2n) is 4.62. The Balaban J connectivity index is 1.84. The normalized spacial score (nSPS) is 19.6. The predicted octanol–water partition coefficient (Wildman–Crippen LogP) is 1.88. The summed E-state index contributed by atoms with van der Waals surface area (Å²) in [6.07, 6.45) is 6.65. The standard InChI is InChI=1S/C13H21N3O2/c1-16(7-6-11-5-3-4-8-18-11)12-9-13(17-2)15-10-14-12/h9-11H,3-8H2,1-2H3/t11-/m0/s1. The summed E-state index contributed by atoms with van der Waals surface area (Å²) in [5.74, 6) is 1.48. The first-order valence-electron chi connectivity index (χ1n) is 6.48. The van der Waals surface area contributed by atoms with Crippen molar-refractivity contribution in [3.8, 4) is 5.88 Å². The summed E-state index contributed by atoms with van der Waals surface area (Å²) < 4.78 is 10.8. The number of aromatic nitrogens is 2. The summed E-state index contributed by atoms with van der Waals surface area (Å²) in [5.41, 5.74) is 0. The van der Waals surface area contributed by atoms with E-state index in [4.69, 9.17) is 9.47 Å². The maximum absolute atomic E-state index is 5.72. The van der Waals surface area contributed by atoms with Crippen molar-refractivity contribution < 1.29 is 9.47 Å². The van der Waals surface area contributed by atoms with E-state index in [9.17, 15) is 0 Å². The molecular formula is C13H21N3O2. The predicted molar refractivity (Wildman–Crippen MR) is 70.1 cm³/mol. The molecule has 2 heterocycles. The van der Waals surface area contributed by atoms with Gasteiger partial charge in [0.15, 0.2) is 0 Å². The number of ether oxygens (including phenoxy) is 2. The number of anilines is 1. The number of nitrogens with zero attached hydrogens (tertiary/aromatic N) is 3. The van der Waals surface area contributed by atoms with Crippen LogP contribution in [0.3, 0.4) is 0 Å². The van der Waals surface area contributed by atoms with Crippen LogP contribution in [-0.2, 0) is 4.74 Å². The lowest BCUT2D eigenvalue weighted by molar-refractivity contribution is 0.0126. The molecule has 0 unspecified atom stereocenters. The molecule has 1 aromatic rings. The molecule has 0 spiro atoms. The van der Waals surface area contributed by atoms with E-state index in [1.165, 1.54) is 25.6 Å². The molecule has 0 bridgehead atoms. The summed E-state index contributed by atoms with van der Waals surface area (Å²) in [7, 11) is 3.65. The van der Waals surface area contributed by atoms with Gasteiger partial charge in [0.2, 0.25) is 5.88 Å². The minimum Gasteiger partial charge on any atom is -0.481 e. The van der Waals surface area contributed by atoms with Crippen LogP contribution < -0.4 is 9.64 Å². The fourth-order valence-electron chi connectivity index (χ4n) is 2.14. The van der Waals surface area contributed by atoms with Crippen molar-refractivity contribution in [1.29, 1.82) is 0 Å². The highest BCUT2D eigenvalue weighted by atomic mass is 16.5. The zero-order chi connectivity index (χ0) is 12.8. The Morgan fingerprint density at radius 1 is 1.44 bits per heavy atom. The maximum Gasteiger partial charge on any atom is 0.218 e. The molecular weight excluding hydrogens is 230 g/mol. The van der Waals surface area contributed by atoms with E-state index < -0.39 is 0 Å². The van der Waals surface area contributed by atoms with Gasteiger partial charge in [-0.25, -0.2) is 9.97 Å². The highest BCUT2D eigenvalue weighted by Gasteiger charge is 2.15. The van der Waals surface area contributed by atoms with E-state index >= 15 is 0 Å². The molecule has 0 saturated carbocycles. The third-order valence-corrected chi connectivity index (χ3v) is 3.29. The molecule has 1 aliphatic rings. The molecule has 0 radical (unpaired) electrons. The van der Waals surface area contributed by atoms with Gasteiger partial charge < -0.3 is 14.4 Å². The molecule has 1 saturated heterocycles. The molecule has 1 atom stereocenters. The van der Waals surface area contributed by atoms with E-state index in [1.807, 2.05) is 13.1 Å². The lowest BCUT2D eigenvalue weighted by atomic mass is 10.1. The number of hydrogen-bond donors (Lipinski definition) is 0. The summed E-state index contributed by atoms with van der Waals surface area (Å²) in [5, 5.41) is 0. The van der Waals surface area contributed by atoms with Crippen LogP contribution in [0.5, 0.6) is 5.88 Å². The molecule has 2 rings (SSSR count). The van der Waals surface area contributed by atoms with E-state index in [0.717, 1.165) is 25.4 Å². The van der Waals surface area contributed by atoms with Crippen molar-refractivity contribution in [3.63, 3.8) is 0 Å². The van der Waals surface area contributed by atoms with Crippen molar-refractivity contribution in [2.45, 2.75) is 31.8 Å². The van der Waals surface area contributed by atoms with Gasteiger partial charge in [-0.05, 0) is 25.7 Å². The van der Waals surface area contributed by atoms with Crippen LogP contribution in [0.15, 0.2) is 12.4 Å². The van der Waals surface area contributed by atoms with Crippen LogP contribution in [0.1, 0.15) is 25.7 Å². The first-order chi connectivity index (χ1) is 8.79. The second-order valence-corrected chi connectivity index (χ2v) is 4.62. The van der Waals surface area contributed by atoms with Gasteiger partial charge in [0.1, 0.15) is 12.1 Å². The maximum atomic E-state index is 5.72. The minimum atomic E-state index is 0.407. The van der Waals surface area contributed by atoms with Gasteiger partial charge >= 0.3 is 0 Å². The zero-order valence-corrected chi connectivity index (χ0v) is 11.1. The highest BCUT2D eigenvalue weighted by Crippen LogP contribution is 2.18. The topological polar surface area (TPSA) is 47.5 Å². The third kappa shape index (κ3) is 3.57. The highest BCUT2D eigenvalue weighted by molar-refractivity contribution is 5.39. The monoisotopic (exact) mass is 251 g/mol. The fourth-order valence-corrected chi connectivity index (χ4v) is 2.14. The van der Waals surface area contributed by atoms with Crippen molar-refractivity contribution >= 4 is 5.82 Å². The molecule has 1 fully saturated rings. The molecule has 5 nitrogen and oxygen atoms in total. The second kappa shape index (κ2) is 6.54. The largest absolute Gasteiger partial charge is 0.481 e. The van der Waals surface area contributed by atoms with Crippen LogP contribution in [0.4, 0.5) is 5.82 Å².